The summed E-state index contributed by atoms with van der Waals surface area (Å²) in [5.74, 6) is -1.89. The first-order valence-electron chi connectivity index (χ1n) is 5.56. The van der Waals surface area contributed by atoms with Crippen LogP contribution in [-0.4, -0.2) is 26.2 Å². The Kier molecular flexibility index (Phi) is 6.17. The molecule has 0 fully saturated rings. The number of carbonyl (C=O) groups excluding carboxylic acids is 1. The van der Waals surface area contributed by atoms with Gasteiger partial charge in [0.15, 0.2) is 11.4 Å². The number of ether oxygens (including phenoxy) is 1. The normalized spacial score (nSPS) is 11.2. The number of benzene rings is 1. The molecule has 0 amide bonds. The minimum atomic E-state index is -1.18. The van der Waals surface area contributed by atoms with Crippen molar-refractivity contribution in [2.75, 3.05) is 6.61 Å². The molecule has 0 N–H and O–H groups in total. The molecule has 0 aliphatic heterocycles. The van der Waals surface area contributed by atoms with Crippen molar-refractivity contribution in [1.82, 2.24) is 8.75 Å². The SMILES string of the molecule is CCOC(=O)C(C#N)c1ccc([N+](=O)[O-])c2nsnc12.[H-].[Na+]. The van der Waals surface area contributed by atoms with Crippen LogP contribution in [0.1, 0.15) is 19.8 Å². The second-order valence-corrected chi connectivity index (χ2v) is 4.24. The second-order valence-electron chi connectivity index (χ2n) is 3.71. The van der Waals surface area contributed by atoms with Gasteiger partial charge in [0.25, 0.3) is 5.69 Å². The van der Waals surface area contributed by atoms with E-state index < -0.39 is 16.8 Å². The number of carbonyl (C=O) groups is 1. The molecule has 0 aliphatic rings. The summed E-state index contributed by atoms with van der Waals surface area (Å²) in [7, 11) is 0. The molecule has 0 spiro atoms. The maximum atomic E-state index is 11.7. The van der Waals surface area contributed by atoms with Gasteiger partial charge in [-0.1, -0.05) is 0 Å². The fourth-order valence-corrected chi connectivity index (χ4v) is 2.30. The summed E-state index contributed by atoms with van der Waals surface area (Å²) >= 11 is 0.786. The van der Waals surface area contributed by atoms with Gasteiger partial charge in [-0.05, 0) is 13.0 Å². The van der Waals surface area contributed by atoms with Crippen LogP contribution in [0.4, 0.5) is 5.69 Å². The van der Waals surface area contributed by atoms with E-state index in [0.29, 0.717) is 0 Å². The first-order valence-corrected chi connectivity index (χ1v) is 6.29. The molecule has 10 heteroatoms. The molecular formula is C11H9N4NaO4S. The second kappa shape index (κ2) is 7.42. The van der Waals surface area contributed by atoms with Crippen molar-refractivity contribution in [2.45, 2.75) is 12.8 Å². The van der Waals surface area contributed by atoms with Gasteiger partial charge >= 0.3 is 35.5 Å². The zero-order valence-corrected chi connectivity index (χ0v) is 14.1. The molecule has 2 rings (SSSR count). The van der Waals surface area contributed by atoms with Crippen molar-refractivity contribution in [1.29, 1.82) is 5.26 Å². The van der Waals surface area contributed by atoms with Crippen molar-refractivity contribution in [3.05, 3.63) is 27.8 Å². The van der Waals surface area contributed by atoms with Crippen molar-refractivity contribution < 1.29 is 45.4 Å². The number of fused-ring (bicyclic) bond motifs is 1. The molecule has 1 unspecified atom stereocenters. The molecule has 0 bridgehead atoms. The number of aromatic nitrogens is 2. The molecule has 1 aromatic heterocycles. The predicted molar refractivity (Wildman–Crippen MR) is 70.2 cm³/mol. The predicted octanol–water partition coefficient (Wildman–Crippen LogP) is -1.11. The van der Waals surface area contributed by atoms with Crippen LogP contribution in [0.3, 0.4) is 0 Å². The minimum absolute atomic E-state index is 0. The maximum Gasteiger partial charge on any atom is 1.00 e. The van der Waals surface area contributed by atoms with Crippen molar-refractivity contribution in [2.24, 2.45) is 0 Å². The molecule has 0 aliphatic carbocycles. The molecule has 0 saturated carbocycles. The molecular weight excluding hydrogens is 307 g/mol. The molecule has 104 valence electrons. The average molecular weight is 316 g/mol. The van der Waals surface area contributed by atoms with Gasteiger partial charge in [-0.3, -0.25) is 14.9 Å². The first-order chi connectivity index (χ1) is 9.60. The third-order valence-corrected chi connectivity index (χ3v) is 3.11. The van der Waals surface area contributed by atoms with Crippen LogP contribution in [0.5, 0.6) is 0 Å². The molecule has 2 aromatic rings. The number of non-ortho nitro benzene ring substituents is 1. The van der Waals surface area contributed by atoms with E-state index in [2.05, 4.69) is 8.75 Å². The summed E-state index contributed by atoms with van der Waals surface area (Å²) in [6, 6.07) is 4.38. The number of esters is 1. The fraction of sp³-hybridized carbons (Fsp3) is 0.273. The summed E-state index contributed by atoms with van der Waals surface area (Å²) < 4.78 is 12.6. The zero-order valence-electron chi connectivity index (χ0n) is 12.3. The topological polar surface area (TPSA) is 119 Å². The molecule has 1 aromatic carbocycles. The third kappa shape index (κ3) is 3.36. The quantitative estimate of drug-likeness (QED) is 0.303. The van der Waals surface area contributed by atoms with E-state index in [4.69, 9.17) is 10.00 Å². The van der Waals surface area contributed by atoms with E-state index in [-0.39, 0.29) is 59.9 Å². The monoisotopic (exact) mass is 316 g/mol. The molecule has 1 heterocycles. The summed E-state index contributed by atoms with van der Waals surface area (Å²) in [4.78, 5) is 22.0. The number of nitrogens with zero attached hydrogens (tertiary/aromatic N) is 4. The summed E-state index contributed by atoms with van der Waals surface area (Å²) in [6.45, 7) is 1.77. The Labute approximate surface area is 147 Å². The van der Waals surface area contributed by atoms with Crippen LogP contribution < -0.4 is 29.6 Å². The Morgan fingerprint density at radius 1 is 1.57 bits per heavy atom. The molecule has 0 radical (unpaired) electrons. The smallest absolute Gasteiger partial charge is 1.00 e. The Hall–Kier alpha value is -1.60. The Bertz CT molecular complexity index is 732. The van der Waals surface area contributed by atoms with Crippen LogP contribution in [0, 0.1) is 21.4 Å². The van der Waals surface area contributed by atoms with Crippen molar-refractivity contribution in [3.8, 4) is 6.07 Å². The first kappa shape index (κ1) is 17.5. The average Bonchev–Trinajstić information content (AvgIpc) is 2.88. The Morgan fingerprint density at radius 2 is 2.24 bits per heavy atom. The molecule has 0 saturated heterocycles. The Morgan fingerprint density at radius 3 is 2.81 bits per heavy atom. The van der Waals surface area contributed by atoms with Crippen molar-refractivity contribution >= 4 is 34.4 Å². The van der Waals surface area contributed by atoms with Gasteiger partial charge in [0.05, 0.1) is 29.3 Å². The molecule has 8 nitrogen and oxygen atoms in total. The van der Waals surface area contributed by atoms with Gasteiger partial charge in [-0.2, -0.15) is 14.0 Å². The number of rotatable bonds is 4. The molecule has 21 heavy (non-hydrogen) atoms. The van der Waals surface area contributed by atoms with E-state index in [0.717, 1.165) is 11.7 Å². The van der Waals surface area contributed by atoms with Crippen LogP contribution in [0.15, 0.2) is 12.1 Å². The van der Waals surface area contributed by atoms with Gasteiger partial charge in [-0.15, -0.1) is 0 Å². The summed E-state index contributed by atoms with van der Waals surface area (Å²) in [5, 5.41) is 20.0. The fourth-order valence-electron chi connectivity index (χ4n) is 1.73. The van der Waals surface area contributed by atoms with Crippen LogP contribution in [-0.2, 0) is 9.53 Å². The third-order valence-electron chi connectivity index (χ3n) is 2.58. The van der Waals surface area contributed by atoms with Crippen LogP contribution in [0.2, 0.25) is 0 Å². The number of nitro groups is 1. The molecule has 1 atom stereocenters. The summed E-state index contributed by atoms with van der Waals surface area (Å²) in [5.41, 5.74) is 0.309. The zero-order chi connectivity index (χ0) is 14.7. The Balaban J connectivity index is 0.00000220. The van der Waals surface area contributed by atoms with E-state index in [9.17, 15) is 14.9 Å². The van der Waals surface area contributed by atoms with Crippen LogP contribution in [0.25, 0.3) is 11.0 Å². The number of nitriles is 1. The van der Waals surface area contributed by atoms with Crippen molar-refractivity contribution in [3.63, 3.8) is 0 Å². The maximum absolute atomic E-state index is 11.7. The van der Waals surface area contributed by atoms with Gasteiger partial charge in [0.1, 0.15) is 5.52 Å². The number of nitro benzene ring substituents is 1. The van der Waals surface area contributed by atoms with E-state index in [1.165, 1.54) is 12.1 Å². The number of hydrogen-bond donors (Lipinski definition) is 0. The largest absolute Gasteiger partial charge is 1.00 e. The van der Waals surface area contributed by atoms with Crippen LogP contribution >= 0.6 is 11.7 Å². The van der Waals surface area contributed by atoms with Gasteiger partial charge < -0.3 is 6.16 Å². The number of hydrogen-bond acceptors (Lipinski definition) is 8. The van der Waals surface area contributed by atoms with Gasteiger partial charge in [-0.25, -0.2) is 0 Å². The van der Waals surface area contributed by atoms with Gasteiger partial charge in [0, 0.05) is 11.6 Å². The summed E-state index contributed by atoms with van der Waals surface area (Å²) in [6.07, 6.45) is 0. The minimum Gasteiger partial charge on any atom is -1.00 e. The standard InChI is InChI=1S/C11H8N4O4S.Na.H/c1-2-19-11(16)7(5-12)6-3-4-8(15(17)18)10-9(6)13-20-14-10;;/h3-4,7H,2H2,1H3;;/q;+1;-1. The van der Waals surface area contributed by atoms with E-state index >= 15 is 0 Å². The van der Waals surface area contributed by atoms with E-state index in [1.807, 2.05) is 6.07 Å². The van der Waals surface area contributed by atoms with Gasteiger partial charge in [0.2, 0.25) is 0 Å². The van der Waals surface area contributed by atoms with E-state index in [1.54, 1.807) is 6.92 Å².